The molecule has 1 aliphatic rings. The van der Waals surface area contributed by atoms with Crippen LogP contribution in [0.2, 0.25) is 0 Å². The number of aromatic nitrogens is 1. The quantitative estimate of drug-likeness (QED) is 0.872. The van der Waals surface area contributed by atoms with Crippen LogP contribution in [0, 0.1) is 5.92 Å². The highest BCUT2D eigenvalue weighted by atomic mass is 35.5. The fourth-order valence-electron chi connectivity index (χ4n) is 1.99. The van der Waals surface area contributed by atoms with Crippen molar-refractivity contribution in [3.05, 3.63) is 16.1 Å². The SMILES string of the molecule is CCc1cnc(CNC(=O)CC2CCNC2)s1.Cl.Cl. The Morgan fingerprint density at radius 3 is 2.95 bits per heavy atom. The van der Waals surface area contributed by atoms with Crippen molar-refractivity contribution in [2.45, 2.75) is 32.7 Å². The predicted molar refractivity (Wildman–Crippen MR) is 83.4 cm³/mol. The largest absolute Gasteiger partial charge is 0.350 e. The number of thiazole rings is 1. The zero-order valence-electron chi connectivity index (χ0n) is 11.0. The average molecular weight is 326 g/mol. The van der Waals surface area contributed by atoms with E-state index in [1.165, 1.54) is 4.88 Å². The van der Waals surface area contributed by atoms with Crippen LogP contribution in [0.4, 0.5) is 0 Å². The highest BCUT2D eigenvalue weighted by Crippen LogP contribution is 2.14. The number of carbonyl (C=O) groups is 1. The highest BCUT2D eigenvalue weighted by Gasteiger charge is 2.17. The van der Waals surface area contributed by atoms with Gasteiger partial charge in [0.05, 0.1) is 6.54 Å². The van der Waals surface area contributed by atoms with E-state index in [-0.39, 0.29) is 30.7 Å². The summed E-state index contributed by atoms with van der Waals surface area (Å²) in [5.41, 5.74) is 0. The van der Waals surface area contributed by atoms with E-state index in [0.717, 1.165) is 30.9 Å². The average Bonchev–Trinajstić information content (AvgIpc) is 2.96. The number of nitrogens with zero attached hydrogens (tertiary/aromatic N) is 1. The lowest BCUT2D eigenvalue weighted by atomic mass is 10.0. The molecule has 0 saturated carbocycles. The van der Waals surface area contributed by atoms with Crippen molar-refractivity contribution in [1.82, 2.24) is 15.6 Å². The van der Waals surface area contributed by atoms with Crippen LogP contribution in [0.25, 0.3) is 0 Å². The van der Waals surface area contributed by atoms with Crippen molar-refractivity contribution in [2.75, 3.05) is 13.1 Å². The van der Waals surface area contributed by atoms with Gasteiger partial charge in [0, 0.05) is 17.5 Å². The second-order valence-corrected chi connectivity index (χ2v) is 5.61. The van der Waals surface area contributed by atoms with Gasteiger partial charge in [0.15, 0.2) is 0 Å². The lowest BCUT2D eigenvalue weighted by Gasteiger charge is -2.07. The summed E-state index contributed by atoms with van der Waals surface area (Å²) in [6.07, 6.45) is 4.66. The minimum absolute atomic E-state index is 0. The maximum absolute atomic E-state index is 11.7. The van der Waals surface area contributed by atoms with Crippen LogP contribution in [0.1, 0.15) is 29.7 Å². The Labute approximate surface area is 130 Å². The number of hydrogen-bond acceptors (Lipinski definition) is 4. The van der Waals surface area contributed by atoms with Crippen molar-refractivity contribution in [3.63, 3.8) is 0 Å². The standard InChI is InChI=1S/C12H19N3OS.2ClH/c1-2-10-7-15-12(17-10)8-14-11(16)5-9-3-4-13-6-9;;/h7,9,13H,2-6,8H2,1H3,(H,14,16);2*1H. The molecule has 0 aromatic carbocycles. The molecule has 1 aromatic rings. The lowest BCUT2D eigenvalue weighted by molar-refractivity contribution is -0.122. The lowest BCUT2D eigenvalue weighted by Crippen LogP contribution is -2.25. The van der Waals surface area contributed by atoms with Crippen molar-refractivity contribution >= 4 is 42.1 Å². The molecule has 0 radical (unpaired) electrons. The van der Waals surface area contributed by atoms with Gasteiger partial charge >= 0.3 is 0 Å². The molecule has 0 bridgehead atoms. The molecule has 1 aliphatic heterocycles. The third-order valence-electron chi connectivity index (χ3n) is 3.02. The minimum atomic E-state index is 0. The molecule has 0 spiro atoms. The molecule has 1 atom stereocenters. The van der Waals surface area contributed by atoms with E-state index in [4.69, 9.17) is 0 Å². The summed E-state index contributed by atoms with van der Waals surface area (Å²) in [5, 5.41) is 7.22. The van der Waals surface area contributed by atoms with E-state index in [2.05, 4.69) is 22.5 Å². The first-order valence-corrected chi connectivity index (χ1v) is 7.00. The van der Waals surface area contributed by atoms with Crippen molar-refractivity contribution in [2.24, 2.45) is 5.92 Å². The second-order valence-electron chi connectivity index (χ2n) is 4.41. The number of hydrogen-bond donors (Lipinski definition) is 2. The fraction of sp³-hybridized carbons (Fsp3) is 0.667. The first-order valence-electron chi connectivity index (χ1n) is 6.19. The van der Waals surface area contributed by atoms with Gasteiger partial charge in [-0.25, -0.2) is 4.98 Å². The third kappa shape index (κ3) is 6.08. The number of aryl methyl sites for hydroxylation is 1. The Bertz CT molecular complexity index is 381. The van der Waals surface area contributed by atoms with Crippen molar-refractivity contribution in [3.8, 4) is 0 Å². The first kappa shape index (κ1) is 18.6. The second kappa shape index (κ2) is 9.53. The molecule has 2 N–H and O–H groups in total. The summed E-state index contributed by atoms with van der Waals surface area (Å²) in [6, 6.07) is 0. The summed E-state index contributed by atoms with van der Waals surface area (Å²) < 4.78 is 0. The Kier molecular flexibility index (Phi) is 9.35. The number of carbonyl (C=O) groups excluding carboxylic acids is 1. The molecule has 1 fully saturated rings. The van der Waals surface area contributed by atoms with Crippen molar-refractivity contribution < 1.29 is 4.79 Å². The first-order chi connectivity index (χ1) is 8.28. The van der Waals surface area contributed by atoms with Gasteiger partial charge in [0.2, 0.25) is 5.91 Å². The molecule has 1 saturated heterocycles. The Hall–Kier alpha value is -0.360. The summed E-state index contributed by atoms with van der Waals surface area (Å²) in [4.78, 5) is 17.2. The minimum Gasteiger partial charge on any atom is -0.350 e. The normalized spacial score (nSPS) is 17.4. The topological polar surface area (TPSA) is 54.0 Å². The van der Waals surface area contributed by atoms with Crippen molar-refractivity contribution in [1.29, 1.82) is 0 Å². The number of amides is 1. The fourth-order valence-corrected chi connectivity index (χ4v) is 2.79. The van der Waals surface area contributed by atoms with Crippen LogP contribution in [-0.2, 0) is 17.8 Å². The molecule has 1 amide bonds. The zero-order chi connectivity index (χ0) is 12.1. The van der Waals surface area contributed by atoms with Gasteiger partial charge in [-0.2, -0.15) is 0 Å². The van der Waals surface area contributed by atoms with E-state index >= 15 is 0 Å². The molecular weight excluding hydrogens is 305 g/mol. The molecule has 0 aliphatic carbocycles. The van der Waals surface area contributed by atoms with Gasteiger partial charge < -0.3 is 10.6 Å². The summed E-state index contributed by atoms with van der Waals surface area (Å²) in [7, 11) is 0. The van der Waals surface area contributed by atoms with E-state index in [9.17, 15) is 4.79 Å². The predicted octanol–water partition coefficient (Wildman–Crippen LogP) is 2.16. The molecule has 7 heteroatoms. The maximum atomic E-state index is 11.7. The Morgan fingerprint density at radius 1 is 1.58 bits per heavy atom. The van der Waals surface area contributed by atoms with E-state index in [0.29, 0.717) is 18.9 Å². The van der Waals surface area contributed by atoms with Crippen LogP contribution in [-0.4, -0.2) is 24.0 Å². The molecule has 19 heavy (non-hydrogen) atoms. The molecular formula is C12H21Cl2N3OS. The van der Waals surface area contributed by atoms with Crippen LogP contribution >= 0.6 is 36.2 Å². The zero-order valence-corrected chi connectivity index (χ0v) is 13.4. The maximum Gasteiger partial charge on any atom is 0.220 e. The van der Waals surface area contributed by atoms with E-state index in [1.54, 1.807) is 11.3 Å². The van der Waals surface area contributed by atoms with Gasteiger partial charge in [0.25, 0.3) is 0 Å². The molecule has 1 aromatic heterocycles. The Balaban J connectivity index is 0.00000162. The molecule has 4 nitrogen and oxygen atoms in total. The molecule has 2 rings (SSSR count). The van der Waals surface area contributed by atoms with Gasteiger partial charge in [-0.05, 0) is 31.8 Å². The van der Waals surface area contributed by atoms with Crippen LogP contribution in [0.15, 0.2) is 6.20 Å². The molecule has 2 heterocycles. The van der Waals surface area contributed by atoms with Gasteiger partial charge in [-0.1, -0.05) is 6.92 Å². The summed E-state index contributed by atoms with van der Waals surface area (Å²) in [6.45, 7) is 4.71. The third-order valence-corrected chi connectivity index (χ3v) is 4.16. The molecule has 110 valence electrons. The van der Waals surface area contributed by atoms with Crippen LogP contribution in [0.3, 0.4) is 0 Å². The molecule has 1 unspecified atom stereocenters. The number of halogens is 2. The number of nitrogens with one attached hydrogen (secondary N) is 2. The van der Waals surface area contributed by atoms with E-state index < -0.39 is 0 Å². The smallest absolute Gasteiger partial charge is 0.220 e. The van der Waals surface area contributed by atoms with Crippen LogP contribution in [0.5, 0.6) is 0 Å². The highest BCUT2D eigenvalue weighted by molar-refractivity contribution is 7.11. The van der Waals surface area contributed by atoms with Gasteiger partial charge in [-0.15, -0.1) is 36.2 Å². The summed E-state index contributed by atoms with van der Waals surface area (Å²) >= 11 is 1.68. The number of rotatable bonds is 5. The Morgan fingerprint density at radius 2 is 2.37 bits per heavy atom. The van der Waals surface area contributed by atoms with Gasteiger partial charge in [0.1, 0.15) is 5.01 Å². The monoisotopic (exact) mass is 325 g/mol. The van der Waals surface area contributed by atoms with E-state index in [1.807, 2.05) is 6.20 Å². The summed E-state index contributed by atoms with van der Waals surface area (Å²) in [5.74, 6) is 0.657. The van der Waals surface area contributed by atoms with Crippen LogP contribution < -0.4 is 10.6 Å². The van der Waals surface area contributed by atoms with Gasteiger partial charge in [-0.3, -0.25) is 4.79 Å².